The van der Waals surface area contributed by atoms with Gasteiger partial charge in [-0.25, -0.2) is 9.97 Å². The maximum Gasteiger partial charge on any atom is 0.251 e. The van der Waals surface area contributed by atoms with Gasteiger partial charge in [0.25, 0.3) is 5.56 Å². The fourth-order valence-electron chi connectivity index (χ4n) is 3.35. The molecule has 0 bridgehead atoms. The summed E-state index contributed by atoms with van der Waals surface area (Å²) in [6.45, 7) is 5.72. The van der Waals surface area contributed by atoms with E-state index in [0.29, 0.717) is 18.7 Å². The predicted molar refractivity (Wildman–Crippen MR) is 112 cm³/mol. The first-order chi connectivity index (χ1) is 13.3. The molecular formula is C22H25N5O. The molecule has 28 heavy (non-hydrogen) atoms. The number of hydrogen-bond donors (Lipinski definition) is 1. The van der Waals surface area contributed by atoms with Crippen molar-refractivity contribution >= 4 is 16.7 Å². The molecule has 144 valence electrons. The largest absolute Gasteiger partial charge is 0.363 e. The maximum absolute atomic E-state index is 12.2. The highest BCUT2D eigenvalue weighted by molar-refractivity contribution is 5.80. The van der Waals surface area contributed by atoms with Crippen molar-refractivity contribution in [1.29, 1.82) is 5.26 Å². The van der Waals surface area contributed by atoms with Crippen LogP contribution < -0.4 is 10.5 Å². The molecule has 2 heterocycles. The zero-order valence-corrected chi connectivity index (χ0v) is 17.0. The second kappa shape index (κ2) is 7.43. The minimum absolute atomic E-state index is 0.0761. The predicted octanol–water partition coefficient (Wildman–Crippen LogP) is 3.28. The number of nitrogens with one attached hydrogen (secondary N) is 1. The Hall–Kier alpha value is -3.20. The number of nitrogens with zero attached hydrogens (tertiary/aromatic N) is 4. The summed E-state index contributed by atoms with van der Waals surface area (Å²) in [4.78, 5) is 26.0. The van der Waals surface area contributed by atoms with E-state index in [0.717, 1.165) is 33.5 Å². The van der Waals surface area contributed by atoms with Gasteiger partial charge in [0, 0.05) is 43.4 Å². The van der Waals surface area contributed by atoms with E-state index in [-0.39, 0.29) is 5.56 Å². The molecule has 0 aliphatic rings. The van der Waals surface area contributed by atoms with E-state index in [9.17, 15) is 10.1 Å². The van der Waals surface area contributed by atoms with Crippen LogP contribution in [0.25, 0.3) is 10.9 Å². The summed E-state index contributed by atoms with van der Waals surface area (Å²) >= 11 is 0. The minimum Gasteiger partial charge on any atom is -0.363 e. The molecule has 0 fully saturated rings. The van der Waals surface area contributed by atoms with Crippen LogP contribution in [0, 0.1) is 18.3 Å². The van der Waals surface area contributed by atoms with Crippen molar-refractivity contribution in [3.05, 3.63) is 63.3 Å². The third-order valence-corrected chi connectivity index (χ3v) is 5.06. The van der Waals surface area contributed by atoms with Crippen LogP contribution >= 0.6 is 0 Å². The van der Waals surface area contributed by atoms with Crippen LogP contribution in [0.3, 0.4) is 0 Å². The van der Waals surface area contributed by atoms with E-state index in [1.165, 1.54) is 0 Å². The van der Waals surface area contributed by atoms with Crippen LogP contribution in [-0.2, 0) is 18.3 Å². The summed E-state index contributed by atoms with van der Waals surface area (Å²) in [5.41, 5.74) is 2.32. The van der Waals surface area contributed by atoms with Crippen molar-refractivity contribution in [1.82, 2.24) is 15.0 Å². The lowest BCUT2D eigenvalue weighted by atomic mass is 9.79. The van der Waals surface area contributed by atoms with Gasteiger partial charge in [-0.15, -0.1) is 0 Å². The van der Waals surface area contributed by atoms with Crippen LogP contribution in [0.2, 0.25) is 0 Å². The Bertz CT molecular complexity index is 1130. The Morgan fingerprint density at radius 3 is 2.61 bits per heavy atom. The second-order valence-corrected chi connectivity index (χ2v) is 7.56. The van der Waals surface area contributed by atoms with Gasteiger partial charge in [-0.05, 0) is 43.4 Å². The molecular weight excluding hydrogens is 350 g/mol. The third-order valence-electron chi connectivity index (χ3n) is 5.06. The number of hydrogen-bond acceptors (Lipinski definition) is 5. The highest BCUT2D eigenvalue weighted by atomic mass is 16.1. The number of anilines is 1. The Labute approximate surface area is 164 Å². The molecule has 6 heteroatoms. The summed E-state index contributed by atoms with van der Waals surface area (Å²) < 4.78 is 0. The number of aromatic nitrogens is 3. The van der Waals surface area contributed by atoms with Crippen LogP contribution in [0.1, 0.15) is 36.5 Å². The number of pyridine rings is 1. The van der Waals surface area contributed by atoms with Gasteiger partial charge in [-0.1, -0.05) is 19.1 Å². The molecule has 6 nitrogen and oxygen atoms in total. The highest BCUT2D eigenvalue weighted by Crippen LogP contribution is 2.30. The average molecular weight is 375 g/mol. The number of aryl methyl sites for hydroxylation is 2. The van der Waals surface area contributed by atoms with E-state index >= 15 is 0 Å². The van der Waals surface area contributed by atoms with E-state index in [2.05, 4.69) is 21.0 Å². The summed E-state index contributed by atoms with van der Waals surface area (Å²) in [7, 11) is 3.86. The van der Waals surface area contributed by atoms with Crippen molar-refractivity contribution in [2.45, 2.75) is 39.0 Å². The first kappa shape index (κ1) is 19.6. The molecule has 0 amide bonds. The lowest BCUT2D eigenvalue weighted by Crippen LogP contribution is -2.24. The summed E-state index contributed by atoms with van der Waals surface area (Å²) in [6, 6.07) is 12.1. The van der Waals surface area contributed by atoms with Crippen molar-refractivity contribution in [3.63, 3.8) is 0 Å². The molecule has 0 saturated heterocycles. The molecule has 1 N–H and O–H groups in total. The monoisotopic (exact) mass is 375 g/mol. The number of rotatable bonds is 5. The van der Waals surface area contributed by atoms with Crippen LogP contribution in [0.4, 0.5) is 5.82 Å². The van der Waals surface area contributed by atoms with E-state index in [1.54, 1.807) is 0 Å². The molecule has 0 aliphatic heterocycles. The second-order valence-electron chi connectivity index (χ2n) is 7.56. The van der Waals surface area contributed by atoms with Crippen LogP contribution in [-0.4, -0.2) is 29.0 Å². The van der Waals surface area contributed by atoms with Gasteiger partial charge in [-0.3, -0.25) is 4.79 Å². The van der Waals surface area contributed by atoms with Gasteiger partial charge < -0.3 is 9.88 Å². The summed E-state index contributed by atoms with van der Waals surface area (Å²) in [5, 5.41) is 10.9. The Kier molecular flexibility index (Phi) is 5.19. The smallest absolute Gasteiger partial charge is 0.251 e. The zero-order chi connectivity index (χ0) is 20.5. The van der Waals surface area contributed by atoms with Crippen LogP contribution in [0.15, 0.2) is 35.1 Å². The average Bonchev–Trinajstić information content (AvgIpc) is 2.66. The number of nitriles is 1. The Morgan fingerprint density at radius 2 is 1.96 bits per heavy atom. The fourth-order valence-corrected chi connectivity index (χ4v) is 3.35. The molecule has 0 saturated carbocycles. The molecule has 3 rings (SSSR count). The fraction of sp³-hybridized carbons (Fsp3) is 0.364. The van der Waals surface area contributed by atoms with Crippen molar-refractivity contribution < 1.29 is 0 Å². The normalized spacial score (nSPS) is 13.1. The molecule has 0 aliphatic carbocycles. The molecule has 0 radical (unpaired) electrons. The third kappa shape index (κ3) is 3.74. The van der Waals surface area contributed by atoms with E-state index in [1.807, 2.05) is 70.1 Å². The minimum atomic E-state index is -0.779. The van der Waals surface area contributed by atoms with Crippen molar-refractivity contribution in [2.75, 3.05) is 19.0 Å². The number of H-pyrrole nitrogens is 1. The SMILES string of the molecule is CCc1cc2ccc(C(C)(C#N)Cc3cc(N(C)C)nc(C)n3)cc2[nH]c1=O. The van der Waals surface area contributed by atoms with Gasteiger partial charge in [-0.2, -0.15) is 5.26 Å². The van der Waals surface area contributed by atoms with E-state index in [4.69, 9.17) is 0 Å². The lowest BCUT2D eigenvalue weighted by molar-refractivity contribution is 0.594. The highest BCUT2D eigenvalue weighted by Gasteiger charge is 2.28. The first-order valence-corrected chi connectivity index (χ1v) is 9.35. The topological polar surface area (TPSA) is 85.7 Å². The molecule has 1 unspecified atom stereocenters. The quantitative estimate of drug-likeness (QED) is 0.740. The molecule has 0 spiro atoms. The number of aromatic amines is 1. The number of benzene rings is 1. The van der Waals surface area contributed by atoms with Gasteiger partial charge in [0.2, 0.25) is 0 Å². The van der Waals surface area contributed by atoms with Crippen LogP contribution in [0.5, 0.6) is 0 Å². The maximum atomic E-state index is 12.2. The zero-order valence-electron chi connectivity index (χ0n) is 17.0. The summed E-state index contributed by atoms with van der Waals surface area (Å²) in [5.74, 6) is 1.49. The standard InChI is InChI=1S/C22H25N5O/c1-6-15-9-16-7-8-17(10-19(16)26-21(15)28)22(3,13-23)12-18-11-20(27(4)5)25-14(2)24-18/h7-11H,6,12H2,1-5H3,(H,26,28). The molecule has 1 atom stereocenters. The lowest BCUT2D eigenvalue weighted by Gasteiger charge is -2.23. The summed E-state index contributed by atoms with van der Waals surface area (Å²) in [6.07, 6.45) is 1.14. The van der Waals surface area contributed by atoms with Gasteiger partial charge in [0.1, 0.15) is 11.6 Å². The van der Waals surface area contributed by atoms with Crippen molar-refractivity contribution in [2.24, 2.45) is 0 Å². The molecule has 3 aromatic rings. The van der Waals surface area contributed by atoms with Gasteiger partial charge >= 0.3 is 0 Å². The first-order valence-electron chi connectivity index (χ1n) is 9.35. The molecule has 1 aromatic carbocycles. The Morgan fingerprint density at radius 1 is 1.21 bits per heavy atom. The number of fused-ring (bicyclic) bond motifs is 1. The van der Waals surface area contributed by atoms with Crippen molar-refractivity contribution in [3.8, 4) is 6.07 Å². The van der Waals surface area contributed by atoms with E-state index < -0.39 is 5.41 Å². The molecule has 2 aromatic heterocycles. The van der Waals surface area contributed by atoms with Gasteiger partial charge in [0.05, 0.1) is 11.5 Å². The van der Waals surface area contributed by atoms with Gasteiger partial charge in [0.15, 0.2) is 0 Å². The Balaban J connectivity index is 2.04.